The maximum Gasteiger partial charge on any atom is 0.191 e. The molecule has 1 rings (SSSR count). The number of halogens is 1. The largest absolute Gasteiger partial charge is 0.377 e. The average molecular weight is 281 g/mol. The molecule has 0 atom stereocenters. The Morgan fingerprint density at radius 3 is 2.45 bits per heavy atom. The van der Waals surface area contributed by atoms with Gasteiger partial charge in [0.2, 0.25) is 0 Å². The first-order valence-corrected chi connectivity index (χ1v) is 6.71. The first-order valence-electron chi connectivity index (χ1n) is 6.71. The molecule has 0 saturated carbocycles. The summed E-state index contributed by atoms with van der Waals surface area (Å²) in [5, 5.41) is 6.43. The monoisotopic (exact) mass is 281 g/mol. The van der Waals surface area contributed by atoms with Crippen LogP contribution in [0.15, 0.2) is 29.3 Å². The van der Waals surface area contributed by atoms with Crippen LogP contribution in [0.5, 0.6) is 0 Å². The van der Waals surface area contributed by atoms with Crippen LogP contribution in [0, 0.1) is 5.82 Å². The summed E-state index contributed by atoms with van der Waals surface area (Å²) < 4.78 is 18.1. The van der Waals surface area contributed by atoms with Crippen LogP contribution in [0.2, 0.25) is 0 Å². The predicted molar refractivity (Wildman–Crippen MR) is 80.6 cm³/mol. The van der Waals surface area contributed by atoms with Crippen LogP contribution < -0.4 is 10.6 Å². The summed E-state index contributed by atoms with van der Waals surface area (Å²) in [5.74, 6) is 0.526. The van der Waals surface area contributed by atoms with Crippen LogP contribution in [0.3, 0.4) is 0 Å². The zero-order valence-corrected chi connectivity index (χ0v) is 12.7. The Kier molecular flexibility index (Phi) is 6.45. The van der Waals surface area contributed by atoms with Gasteiger partial charge < -0.3 is 15.4 Å². The molecule has 1 aromatic carbocycles. The summed E-state index contributed by atoms with van der Waals surface area (Å²) in [6, 6.07) is 6.54. The highest BCUT2D eigenvalue weighted by Gasteiger charge is 2.16. The van der Waals surface area contributed by atoms with Gasteiger partial charge in [0.15, 0.2) is 5.96 Å². The molecule has 112 valence electrons. The van der Waals surface area contributed by atoms with Crippen molar-refractivity contribution in [2.75, 3.05) is 27.2 Å². The highest BCUT2D eigenvalue weighted by Crippen LogP contribution is 2.04. The van der Waals surface area contributed by atoms with Gasteiger partial charge in [0, 0.05) is 27.2 Å². The first-order chi connectivity index (χ1) is 9.46. The van der Waals surface area contributed by atoms with E-state index in [1.807, 2.05) is 13.8 Å². The zero-order chi connectivity index (χ0) is 15.0. The van der Waals surface area contributed by atoms with Crippen molar-refractivity contribution in [2.24, 2.45) is 4.99 Å². The van der Waals surface area contributed by atoms with Crippen molar-refractivity contribution in [1.82, 2.24) is 10.6 Å². The smallest absolute Gasteiger partial charge is 0.191 e. The Morgan fingerprint density at radius 2 is 1.90 bits per heavy atom. The molecule has 4 nitrogen and oxygen atoms in total. The molecule has 0 aliphatic rings. The van der Waals surface area contributed by atoms with Gasteiger partial charge in [0.25, 0.3) is 0 Å². The topological polar surface area (TPSA) is 45.7 Å². The highest BCUT2D eigenvalue weighted by atomic mass is 19.1. The number of hydrogen-bond acceptors (Lipinski definition) is 2. The molecule has 0 bridgehead atoms. The van der Waals surface area contributed by atoms with Gasteiger partial charge in [-0.3, -0.25) is 4.99 Å². The van der Waals surface area contributed by atoms with Crippen molar-refractivity contribution in [3.63, 3.8) is 0 Å². The van der Waals surface area contributed by atoms with E-state index in [4.69, 9.17) is 4.74 Å². The zero-order valence-electron chi connectivity index (χ0n) is 12.7. The van der Waals surface area contributed by atoms with Gasteiger partial charge >= 0.3 is 0 Å². The van der Waals surface area contributed by atoms with Crippen molar-refractivity contribution in [3.05, 3.63) is 35.6 Å². The molecular formula is C15H24FN3O. The van der Waals surface area contributed by atoms with Gasteiger partial charge in [-0.2, -0.15) is 0 Å². The molecule has 2 N–H and O–H groups in total. The molecule has 1 aromatic rings. The molecule has 0 aromatic heterocycles. The fraction of sp³-hybridized carbons (Fsp3) is 0.533. The number of methoxy groups -OCH3 is 1. The third kappa shape index (κ3) is 6.02. The number of rotatable bonds is 6. The maximum atomic E-state index is 12.8. The number of benzene rings is 1. The molecule has 5 heteroatoms. The van der Waals surface area contributed by atoms with E-state index in [0.29, 0.717) is 6.54 Å². The van der Waals surface area contributed by atoms with Crippen LogP contribution in [0.4, 0.5) is 4.39 Å². The third-order valence-corrected chi connectivity index (χ3v) is 3.08. The Morgan fingerprint density at radius 1 is 1.25 bits per heavy atom. The normalized spacial score (nSPS) is 12.3. The van der Waals surface area contributed by atoms with Gasteiger partial charge in [-0.1, -0.05) is 12.1 Å². The molecule has 20 heavy (non-hydrogen) atoms. The van der Waals surface area contributed by atoms with Crippen LogP contribution in [-0.4, -0.2) is 38.8 Å². The Bertz CT molecular complexity index is 429. The van der Waals surface area contributed by atoms with Crippen LogP contribution in [0.1, 0.15) is 19.4 Å². The second kappa shape index (κ2) is 7.85. The third-order valence-electron chi connectivity index (χ3n) is 3.08. The van der Waals surface area contributed by atoms with Gasteiger partial charge in [-0.15, -0.1) is 0 Å². The summed E-state index contributed by atoms with van der Waals surface area (Å²) in [5.41, 5.74) is 0.848. The Labute approximate surface area is 120 Å². The maximum absolute atomic E-state index is 12.8. The molecule has 0 aliphatic heterocycles. The van der Waals surface area contributed by atoms with Crippen LogP contribution in [-0.2, 0) is 11.2 Å². The van der Waals surface area contributed by atoms with E-state index in [-0.39, 0.29) is 11.4 Å². The minimum atomic E-state index is -0.241. The summed E-state index contributed by atoms with van der Waals surface area (Å²) in [4.78, 5) is 4.15. The number of guanidine groups is 1. The van der Waals surface area contributed by atoms with Crippen molar-refractivity contribution in [2.45, 2.75) is 25.9 Å². The Hall–Kier alpha value is -1.62. The summed E-state index contributed by atoms with van der Waals surface area (Å²) >= 11 is 0. The fourth-order valence-corrected chi connectivity index (χ4v) is 1.57. The Balaban J connectivity index is 2.33. The number of nitrogens with zero attached hydrogens (tertiary/aromatic N) is 1. The van der Waals surface area contributed by atoms with Gasteiger partial charge in [-0.25, -0.2) is 4.39 Å². The standard InChI is InChI=1S/C15H24FN3O/c1-15(2,20-4)11-19-14(17-3)18-10-9-12-5-7-13(16)8-6-12/h5-8H,9-11H2,1-4H3,(H2,17,18,19). The van der Waals surface area contributed by atoms with E-state index in [1.165, 1.54) is 12.1 Å². The minimum Gasteiger partial charge on any atom is -0.377 e. The van der Waals surface area contributed by atoms with E-state index in [9.17, 15) is 4.39 Å². The molecule has 0 unspecified atom stereocenters. The first kappa shape index (κ1) is 16.4. The van der Waals surface area contributed by atoms with Crippen molar-refractivity contribution in [3.8, 4) is 0 Å². The number of nitrogens with one attached hydrogen (secondary N) is 2. The van der Waals surface area contributed by atoms with Crippen molar-refractivity contribution in [1.29, 1.82) is 0 Å². The summed E-state index contributed by atoms with van der Waals surface area (Å²) in [6.45, 7) is 5.41. The second-order valence-electron chi connectivity index (χ2n) is 5.19. The quantitative estimate of drug-likeness (QED) is 0.619. The second-order valence-corrected chi connectivity index (χ2v) is 5.19. The number of ether oxygens (including phenoxy) is 1. The van der Waals surface area contributed by atoms with Crippen molar-refractivity contribution < 1.29 is 9.13 Å². The van der Waals surface area contributed by atoms with E-state index >= 15 is 0 Å². The van der Waals surface area contributed by atoms with Gasteiger partial charge in [0.05, 0.1) is 5.60 Å². The predicted octanol–water partition coefficient (Wildman–Crippen LogP) is 1.96. The van der Waals surface area contributed by atoms with Gasteiger partial charge in [0.1, 0.15) is 5.82 Å². The lowest BCUT2D eigenvalue weighted by Crippen LogP contribution is -2.45. The molecule has 0 saturated heterocycles. The number of aliphatic imine (C=N–C) groups is 1. The minimum absolute atomic E-state index is 0.207. The van der Waals surface area contributed by atoms with E-state index in [0.717, 1.165) is 24.5 Å². The van der Waals surface area contributed by atoms with E-state index in [1.54, 1.807) is 26.3 Å². The molecule has 0 amide bonds. The highest BCUT2D eigenvalue weighted by molar-refractivity contribution is 5.79. The molecule has 0 heterocycles. The SMILES string of the molecule is CN=C(NCCc1ccc(F)cc1)NCC(C)(C)OC. The summed E-state index contributed by atoms with van der Waals surface area (Å²) in [6.07, 6.45) is 0.814. The average Bonchev–Trinajstić information content (AvgIpc) is 2.44. The lowest BCUT2D eigenvalue weighted by molar-refractivity contribution is 0.0268. The van der Waals surface area contributed by atoms with Gasteiger partial charge in [-0.05, 0) is 38.0 Å². The molecule has 0 fully saturated rings. The molecular weight excluding hydrogens is 257 g/mol. The lowest BCUT2D eigenvalue weighted by Gasteiger charge is -2.24. The van der Waals surface area contributed by atoms with E-state index < -0.39 is 0 Å². The molecule has 0 aliphatic carbocycles. The van der Waals surface area contributed by atoms with Crippen molar-refractivity contribution >= 4 is 5.96 Å². The summed E-state index contributed by atoms with van der Waals surface area (Å²) in [7, 11) is 3.42. The van der Waals surface area contributed by atoms with E-state index in [2.05, 4.69) is 15.6 Å². The fourth-order valence-electron chi connectivity index (χ4n) is 1.57. The van der Waals surface area contributed by atoms with Crippen LogP contribution in [0.25, 0.3) is 0 Å². The molecule has 0 spiro atoms. The van der Waals surface area contributed by atoms with Crippen LogP contribution >= 0.6 is 0 Å². The lowest BCUT2D eigenvalue weighted by atomic mass is 10.1. The number of hydrogen-bond donors (Lipinski definition) is 2. The molecule has 0 radical (unpaired) electrons.